The van der Waals surface area contributed by atoms with Gasteiger partial charge in [-0.2, -0.15) is 0 Å². The summed E-state index contributed by atoms with van der Waals surface area (Å²) in [6.45, 7) is 7.54. The van der Waals surface area contributed by atoms with E-state index in [4.69, 9.17) is 5.11 Å². The van der Waals surface area contributed by atoms with E-state index in [1.165, 1.54) is 0 Å². The Hall–Kier alpha value is -1.10. The zero-order valence-corrected chi connectivity index (χ0v) is 10.9. The van der Waals surface area contributed by atoms with E-state index in [9.17, 15) is 14.7 Å². The van der Waals surface area contributed by atoms with Crippen molar-refractivity contribution in [2.24, 2.45) is 11.8 Å². The maximum Gasteiger partial charge on any atom is 0.326 e. The maximum atomic E-state index is 11.6. The number of amides is 1. The Balaban J connectivity index is 4.35. The third-order valence-electron chi connectivity index (χ3n) is 2.32. The van der Waals surface area contributed by atoms with Crippen LogP contribution in [0.4, 0.5) is 0 Å². The van der Waals surface area contributed by atoms with E-state index in [1.54, 1.807) is 0 Å². The highest BCUT2D eigenvalue weighted by atomic mass is 16.4. The van der Waals surface area contributed by atoms with Gasteiger partial charge in [0, 0.05) is 0 Å². The molecule has 0 aliphatic carbocycles. The monoisotopic (exact) mass is 245 g/mol. The number of nitrogens with one attached hydrogen (secondary N) is 1. The summed E-state index contributed by atoms with van der Waals surface area (Å²) >= 11 is 0. The molecule has 0 spiro atoms. The van der Waals surface area contributed by atoms with Crippen molar-refractivity contribution in [1.82, 2.24) is 5.32 Å². The summed E-state index contributed by atoms with van der Waals surface area (Å²) in [7, 11) is 0. The molecule has 0 aromatic heterocycles. The molecule has 5 heteroatoms. The second-order valence-corrected chi connectivity index (χ2v) is 5.17. The Morgan fingerprint density at radius 2 is 1.53 bits per heavy atom. The quantitative estimate of drug-likeness (QED) is 0.624. The molecule has 17 heavy (non-hydrogen) atoms. The van der Waals surface area contributed by atoms with Gasteiger partial charge in [-0.15, -0.1) is 0 Å². The molecule has 0 heterocycles. The Kier molecular flexibility index (Phi) is 6.80. The molecule has 0 saturated carbocycles. The smallest absolute Gasteiger partial charge is 0.326 e. The number of hydrogen-bond donors (Lipinski definition) is 3. The molecule has 1 amide bonds. The third kappa shape index (κ3) is 6.94. The van der Waals surface area contributed by atoms with Gasteiger partial charge in [0.05, 0.1) is 0 Å². The zero-order valence-electron chi connectivity index (χ0n) is 10.9. The molecule has 0 aliphatic rings. The van der Waals surface area contributed by atoms with E-state index in [2.05, 4.69) is 5.32 Å². The van der Waals surface area contributed by atoms with Gasteiger partial charge >= 0.3 is 5.97 Å². The van der Waals surface area contributed by atoms with Crippen LogP contribution in [0.5, 0.6) is 0 Å². The fourth-order valence-electron chi connectivity index (χ4n) is 1.51. The van der Waals surface area contributed by atoms with Crippen molar-refractivity contribution in [2.45, 2.75) is 52.7 Å². The first-order valence-corrected chi connectivity index (χ1v) is 5.95. The summed E-state index contributed by atoms with van der Waals surface area (Å²) in [5.74, 6) is -1.32. The standard InChI is InChI=1S/C12H23NO4/c1-7(2)5-9(12(16)17)13-11(15)10(14)6-8(3)4/h7-10,14H,5-6H2,1-4H3,(H,13,15)(H,16,17)/t9-,10-/m1/s1. The lowest BCUT2D eigenvalue weighted by Gasteiger charge is -2.19. The number of aliphatic hydroxyl groups excluding tert-OH is 1. The van der Waals surface area contributed by atoms with Gasteiger partial charge in [-0.05, 0) is 24.7 Å². The lowest BCUT2D eigenvalue weighted by Crippen LogP contribution is -2.46. The highest BCUT2D eigenvalue weighted by molar-refractivity contribution is 5.86. The van der Waals surface area contributed by atoms with E-state index >= 15 is 0 Å². The number of carbonyl (C=O) groups is 2. The van der Waals surface area contributed by atoms with Gasteiger partial charge in [0.15, 0.2) is 0 Å². The second-order valence-electron chi connectivity index (χ2n) is 5.17. The van der Waals surface area contributed by atoms with Crippen LogP contribution in [0.25, 0.3) is 0 Å². The minimum absolute atomic E-state index is 0.165. The van der Waals surface area contributed by atoms with Gasteiger partial charge in [-0.1, -0.05) is 27.7 Å². The van der Waals surface area contributed by atoms with Crippen molar-refractivity contribution in [3.8, 4) is 0 Å². The van der Waals surface area contributed by atoms with Crippen molar-refractivity contribution in [2.75, 3.05) is 0 Å². The number of aliphatic hydroxyl groups is 1. The van der Waals surface area contributed by atoms with E-state index < -0.39 is 24.0 Å². The number of rotatable bonds is 7. The van der Waals surface area contributed by atoms with Gasteiger partial charge in [0.2, 0.25) is 5.91 Å². The predicted octanol–water partition coefficient (Wildman–Crippen LogP) is 1.01. The average Bonchev–Trinajstić information content (AvgIpc) is 2.14. The maximum absolute atomic E-state index is 11.6. The first-order chi connectivity index (χ1) is 7.73. The lowest BCUT2D eigenvalue weighted by molar-refractivity contribution is -0.144. The fraction of sp³-hybridized carbons (Fsp3) is 0.833. The van der Waals surface area contributed by atoms with Crippen LogP contribution >= 0.6 is 0 Å². The molecule has 2 atom stereocenters. The number of aliphatic carboxylic acids is 1. The van der Waals surface area contributed by atoms with Gasteiger partial charge < -0.3 is 15.5 Å². The SMILES string of the molecule is CC(C)C[C@@H](O)C(=O)N[C@H](CC(C)C)C(=O)O. The number of carbonyl (C=O) groups excluding carboxylic acids is 1. The Morgan fingerprint density at radius 1 is 1.06 bits per heavy atom. The summed E-state index contributed by atoms with van der Waals surface area (Å²) in [5, 5.41) is 20.9. The minimum atomic E-state index is -1.14. The molecular weight excluding hydrogens is 222 g/mol. The Morgan fingerprint density at radius 3 is 1.88 bits per heavy atom. The number of carboxylic acids is 1. The number of hydrogen-bond acceptors (Lipinski definition) is 3. The topological polar surface area (TPSA) is 86.6 Å². The van der Waals surface area contributed by atoms with Crippen LogP contribution in [0, 0.1) is 11.8 Å². The first-order valence-electron chi connectivity index (χ1n) is 5.95. The molecule has 5 nitrogen and oxygen atoms in total. The van der Waals surface area contributed by atoms with Crippen LogP contribution in [0.15, 0.2) is 0 Å². The largest absolute Gasteiger partial charge is 0.480 e. The van der Waals surface area contributed by atoms with Gasteiger partial charge in [-0.3, -0.25) is 4.79 Å². The first kappa shape index (κ1) is 15.9. The van der Waals surface area contributed by atoms with E-state index in [0.717, 1.165) is 0 Å². The molecule has 100 valence electrons. The van der Waals surface area contributed by atoms with Crippen LogP contribution in [0.1, 0.15) is 40.5 Å². The molecule has 0 aromatic rings. The van der Waals surface area contributed by atoms with Crippen LogP contribution in [-0.4, -0.2) is 34.2 Å². The predicted molar refractivity (Wildman–Crippen MR) is 64.5 cm³/mol. The van der Waals surface area contributed by atoms with E-state index in [-0.39, 0.29) is 11.8 Å². The fourth-order valence-corrected chi connectivity index (χ4v) is 1.51. The van der Waals surface area contributed by atoms with Gasteiger partial charge in [-0.25, -0.2) is 4.79 Å². The normalized spacial score (nSPS) is 14.8. The highest BCUT2D eigenvalue weighted by Crippen LogP contribution is 2.08. The van der Waals surface area contributed by atoms with Crippen LogP contribution in [0.2, 0.25) is 0 Å². The van der Waals surface area contributed by atoms with Gasteiger partial charge in [0.25, 0.3) is 0 Å². The van der Waals surface area contributed by atoms with Gasteiger partial charge in [0.1, 0.15) is 12.1 Å². The van der Waals surface area contributed by atoms with Crippen molar-refractivity contribution >= 4 is 11.9 Å². The summed E-state index contributed by atoms with van der Waals surface area (Å²) in [6, 6.07) is -0.927. The summed E-state index contributed by atoms with van der Waals surface area (Å²) < 4.78 is 0. The lowest BCUT2D eigenvalue weighted by atomic mass is 10.0. The molecule has 0 bridgehead atoms. The molecule has 3 N–H and O–H groups in total. The molecular formula is C12H23NO4. The molecule has 0 aromatic carbocycles. The van der Waals surface area contributed by atoms with Crippen molar-refractivity contribution < 1.29 is 19.8 Å². The Bertz CT molecular complexity index is 263. The highest BCUT2D eigenvalue weighted by Gasteiger charge is 2.24. The zero-order chi connectivity index (χ0) is 13.6. The average molecular weight is 245 g/mol. The van der Waals surface area contributed by atoms with Crippen LogP contribution in [-0.2, 0) is 9.59 Å². The van der Waals surface area contributed by atoms with Crippen LogP contribution in [0.3, 0.4) is 0 Å². The summed E-state index contributed by atoms with van der Waals surface area (Å²) in [4.78, 5) is 22.5. The summed E-state index contributed by atoms with van der Waals surface area (Å²) in [5.41, 5.74) is 0. The molecule has 0 unspecified atom stereocenters. The third-order valence-corrected chi connectivity index (χ3v) is 2.32. The van der Waals surface area contributed by atoms with E-state index in [0.29, 0.717) is 12.8 Å². The molecule has 0 fully saturated rings. The number of carboxylic acid groups (broad SMARTS) is 1. The van der Waals surface area contributed by atoms with E-state index in [1.807, 2.05) is 27.7 Å². The molecule has 0 rings (SSSR count). The minimum Gasteiger partial charge on any atom is -0.480 e. The van der Waals surface area contributed by atoms with Crippen molar-refractivity contribution in [1.29, 1.82) is 0 Å². The molecule has 0 aliphatic heterocycles. The Labute approximate surface area is 102 Å². The van der Waals surface area contributed by atoms with Crippen molar-refractivity contribution in [3.05, 3.63) is 0 Å². The molecule has 0 saturated heterocycles. The van der Waals surface area contributed by atoms with Crippen LogP contribution < -0.4 is 5.32 Å². The molecule has 0 radical (unpaired) electrons. The van der Waals surface area contributed by atoms with Crippen molar-refractivity contribution in [3.63, 3.8) is 0 Å². The summed E-state index contributed by atoms with van der Waals surface area (Å²) in [6.07, 6.45) is -0.445. The second kappa shape index (κ2) is 7.27.